The molecule has 0 aliphatic carbocycles. The first-order valence-corrected chi connectivity index (χ1v) is 6.43. The lowest BCUT2D eigenvalue weighted by Gasteiger charge is -2.13. The topological polar surface area (TPSA) is 41.6 Å². The highest BCUT2D eigenvalue weighted by atomic mass is 15.1. The van der Waals surface area contributed by atoms with Crippen molar-refractivity contribution in [1.29, 1.82) is 5.26 Å². The van der Waals surface area contributed by atoms with Crippen LogP contribution < -0.4 is 0 Å². The fourth-order valence-corrected chi connectivity index (χ4v) is 2.37. The summed E-state index contributed by atoms with van der Waals surface area (Å²) in [7, 11) is 2.04. The van der Waals surface area contributed by atoms with E-state index in [4.69, 9.17) is 0 Å². The number of hydrogen-bond acceptors (Lipinski definition) is 2. The first-order chi connectivity index (χ1) is 8.58. The van der Waals surface area contributed by atoms with Gasteiger partial charge in [-0.3, -0.25) is 0 Å². The quantitative estimate of drug-likeness (QED) is 0.826. The fourth-order valence-electron chi connectivity index (χ4n) is 2.37. The second kappa shape index (κ2) is 4.81. The number of rotatable bonds is 3. The van der Waals surface area contributed by atoms with Crippen molar-refractivity contribution in [3.8, 4) is 6.07 Å². The summed E-state index contributed by atoms with van der Waals surface area (Å²) in [5, 5.41) is 9.27. The van der Waals surface area contributed by atoms with Gasteiger partial charge in [-0.25, -0.2) is 4.98 Å². The molecular weight excluding hydrogens is 222 g/mol. The van der Waals surface area contributed by atoms with E-state index in [1.165, 1.54) is 0 Å². The van der Waals surface area contributed by atoms with Crippen LogP contribution in [-0.4, -0.2) is 9.55 Å². The predicted molar refractivity (Wildman–Crippen MR) is 73.3 cm³/mol. The largest absolute Gasteiger partial charge is 0.331 e. The summed E-state index contributed by atoms with van der Waals surface area (Å²) in [6, 6.07) is 8.55. The molecule has 1 atom stereocenters. The highest BCUT2D eigenvalue weighted by Gasteiger charge is 2.16. The van der Waals surface area contributed by atoms with Crippen LogP contribution in [0.15, 0.2) is 18.2 Å². The molecule has 0 radical (unpaired) electrons. The van der Waals surface area contributed by atoms with Crippen LogP contribution in [0, 0.1) is 17.2 Å². The molecule has 2 rings (SSSR count). The number of nitrogens with zero attached hydrogens (tertiary/aromatic N) is 3. The molecule has 18 heavy (non-hydrogen) atoms. The maximum atomic E-state index is 9.27. The SMILES string of the molecule is CCc1nc2ccc(C(C#N)C(C)C)cc2n1C. The zero-order chi connectivity index (χ0) is 13.3. The van der Waals surface area contributed by atoms with E-state index in [9.17, 15) is 5.26 Å². The summed E-state index contributed by atoms with van der Waals surface area (Å²) < 4.78 is 2.12. The van der Waals surface area contributed by atoms with Crippen molar-refractivity contribution in [1.82, 2.24) is 9.55 Å². The van der Waals surface area contributed by atoms with Crippen molar-refractivity contribution in [2.45, 2.75) is 33.1 Å². The molecule has 0 saturated carbocycles. The minimum Gasteiger partial charge on any atom is -0.331 e. The summed E-state index contributed by atoms with van der Waals surface area (Å²) in [5.74, 6) is 1.36. The average Bonchev–Trinajstić information content (AvgIpc) is 2.67. The van der Waals surface area contributed by atoms with Gasteiger partial charge in [0, 0.05) is 13.5 Å². The Balaban J connectivity index is 2.56. The van der Waals surface area contributed by atoms with Crippen LogP contribution in [0.1, 0.15) is 38.1 Å². The molecular formula is C15H19N3. The summed E-state index contributed by atoms with van der Waals surface area (Å²) in [6.45, 7) is 6.27. The zero-order valence-electron chi connectivity index (χ0n) is 11.4. The maximum Gasteiger partial charge on any atom is 0.109 e. The van der Waals surface area contributed by atoms with Gasteiger partial charge in [0.15, 0.2) is 0 Å². The van der Waals surface area contributed by atoms with Crippen LogP contribution in [0.4, 0.5) is 0 Å². The molecule has 0 aliphatic heterocycles. The number of hydrogen-bond donors (Lipinski definition) is 0. The highest BCUT2D eigenvalue weighted by Crippen LogP contribution is 2.27. The molecule has 0 spiro atoms. The van der Waals surface area contributed by atoms with Gasteiger partial charge in [0.05, 0.1) is 23.0 Å². The van der Waals surface area contributed by atoms with Crippen molar-refractivity contribution in [2.75, 3.05) is 0 Å². The molecule has 0 saturated heterocycles. The molecule has 0 aliphatic rings. The van der Waals surface area contributed by atoms with Gasteiger partial charge in [0.25, 0.3) is 0 Å². The van der Waals surface area contributed by atoms with E-state index < -0.39 is 0 Å². The lowest BCUT2D eigenvalue weighted by atomic mass is 9.90. The fraction of sp³-hybridized carbons (Fsp3) is 0.467. The normalized spacial score (nSPS) is 12.9. The Bertz CT molecular complexity index is 602. The van der Waals surface area contributed by atoms with E-state index in [2.05, 4.69) is 42.5 Å². The second-order valence-electron chi connectivity index (χ2n) is 5.04. The van der Waals surface area contributed by atoms with Gasteiger partial charge in [-0.1, -0.05) is 26.8 Å². The van der Waals surface area contributed by atoms with Crippen LogP contribution in [0.3, 0.4) is 0 Å². The number of benzene rings is 1. The minimum absolute atomic E-state index is 0.0469. The van der Waals surface area contributed by atoms with E-state index in [-0.39, 0.29) is 5.92 Å². The number of imidazole rings is 1. The van der Waals surface area contributed by atoms with Crippen molar-refractivity contribution >= 4 is 11.0 Å². The Hall–Kier alpha value is -1.82. The third-order valence-corrected chi connectivity index (χ3v) is 3.48. The maximum absolute atomic E-state index is 9.27. The zero-order valence-corrected chi connectivity index (χ0v) is 11.4. The van der Waals surface area contributed by atoms with Gasteiger partial charge >= 0.3 is 0 Å². The molecule has 2 aromatic rings. The number of fused-ring (bicyclic) bond motifs is 1. The van der Waals surface area contributed by atoms with Crippen LogP contribution in [0.2, 0.25) is 0 Å². The van der Waals surface area contributed by atoms with Gasteiger partial charge in [-0.2, -0.15) is 5.26 Å². The molecule has 1 heterocycles. The summed E-state index contributed by atoms with van der Waals surface area (Å²) in [6.07, 6.45) is 0.923. The molecule has 1 unspecified atom stereocenters. The molecule has 0 N–H and O–H groups in total. The highest BCUT2D eigenvalue weighted by molar-refractivity contribution is 5.77. The molecule has 0 amide bonds. The third kappa shape index (κ3) is 1.99. The Morgan fingerprint density at radius 2 is 2.11 bits per heavy atom. The van der Waals surface area contributed by atoms with Gasteiger partial charge in [0.1, 0.15) is 5.82 Å². The smallest absolute Gasteiger partial charge is 0.109 e. The van der Waals surface area contributed by atoms with E-state index >= 15 is 0 Å². The van der Waals surface area contributed by atoms with Gasteiger partial charge in [0.2, 0.25) is 0 Å². The standard InChI is InChI=1S/C15H19N3/c1-5-15-17-13-7-6-11(8-14(13)18(15)4)12(9-16)10(2)3/h6-8,10,12H,5H2,1-4H3. The van der Waals surface area contributed by atoms with Crippen molar-refractivity contribution < 1.29 is 0 Å². The van der Waals surface area contributed by atoms with Crippen molar-refractivity contribution in [2.24, 2.45) is 13.0 Å². The van der Waals surface area contributed by atoms with Gasteiger partial charge < -0.3 is 4.57 Å². The Labute approximate surface area is 108 Å². The van der Waals surface area contributed by atoms with Gasteiger partial charge in [-0.15, -0.1) is 0 Å². The van der Waals surface area contributed by atoms with E-state index in [0.717, 1.165) is 28.8 Å². The van der Waals surface area contributed by atoms with Crippen LogP contribution >= 0.6 is 0 Å². The molecule has 3 nitrogen and oxygen atoms in total. The van der Waals surface area contributed by atoms with Crippen LogP contribution in [0.5, 0.6) is 0 Å². The van der Waals surface area contributed by atoms with Gasteiger partial charge in [-0.05, 0) is 23.6 Å². The van der Waals surface area contributed by atoms with Crippen molar-refractivity contribution in [3.63, 3.8) is 0 Å². The number of aromatic nitrogens is 2. The first-order valence-electron chi connectivity index (χ1n) is 6.43. The Morgan fingerprint density at radius 1 is 1.39 bits per heavy atom. The minimum atomic E-state index is -0.0469. The van der Waals surface area contributed by atoms with E-state index in [1.54, 1.807) is 0 Å². The molecule has 0 bridgehead atoms. The molecule has 1 aromatic carbocycles. The lowest BCUT2D eigenvalue weighted by Crippen LogP contribution is -2.04. The summed E-state index contributed by atoms with van der Waals surface area (Å²) in [5.41, 5.74) is 3.22. The third-order valence-electron chi connectivity index (χ3n) is 3.48. The number of nitriles is 1. The van der Waals surface area contributed by atoms with Crippen LogP contribution in [0.25, 0.3) is 11.0 Å². The van der Waals surface area contributed by atoms with E-state index in [0.29, 0.717) is 5.92 Å². The van der Waals surface area contributed by atoms with Crippen LogP contribution in [-0.2, 0) is 13.5 Å². The molecule has 1 aromatic heterocycles. The summed E-state index contributed by atoms with van der Waals surface area (Å²) >= 11 is 0. The predicted octanol–water partition coefficient (Wildman–Crippen LogP) is 3.40. The Kier molecular flexibility index (Phi) is 3.38. The van der Waals surface area contributed by atoms with E-state index in [1.807, 2.05) is 19.2 Å². The second-order valence-corrected chi connectivity index (χ2v) is 5.04. The van der Waals surface area contributed by atoms with Crippen molar-refractivity contribution in [3.05, 3.63) is 29.6 Å². The molecule has 3 heteroatoms. The summed E-state index contributed by atoms with van der Waals surface area (Å²) in [4.78, 5) is 4.58. The monoisotopic (exact) mass is 241 g/mol. The number of aryl methyl sites for hydroxylation is 2. The molecule has 0 fully saturated rings. The average molecular weight is 241 g/mol. The lowest BCUT2D eigenvalue weighted by molar-refractivity contribution is 0.587. The Morgan fingerprint density at radius 3 is 2.67 bits per heavy atom. The molecule has 94 valence electrons. The first kappa shape index (κ1) is 12.6.